The van der Waals surface area contributed by atoms with E-state index >= 15 is 0 Å². The first kappa shape index (κ1) is 14.9. The number of carbonyl (C=O) groups excluding carboxylic acids is 1. The molecule has 18 heavy (non-hydrogen) atoms. The molecule has 0 bridgehead atoms. The predicted octanol–water partition coefficient (Wildman–Crippen LogP) is 2.69. The van der Waals surface area contributed by atoms with E-state index in [1.807, 2.05) is 0 Å². The Labute approximate surface area is 109 Å². The topological polar surface area (TPSA) is 52.3 Å². The van der Waals surface area contributed by atoms with Crippen LogP contribution in [0, 0.1) is 12.7 Å². The molecule has 6 heteroatoms. The maximum absolute atomic E-state index is 13.7. The number of hydrogen-bond donors (Lipinski definition) is 1. The lowest BCUT2D eigenvalue weighted by atomic mass is 10.0. The van der Waals surface area contributed by atoms with Crippen molar-refractivity contribution >= 4 is 17.6 Å². The highest BCUT2D eigenvalue weighted by Gasteiger charge is 2.31. The maximum Gasteiger partial charge on any atom is 0.342 e. The minimum Gasteiger partial charge on any atom is -0.464 e. The van der Waals surface area contributed by atoms with Crippen molar-refractivity contribution in [2.24, 2.45) is 5.73 Å². The van der Waals surface area contributed by atoms with Gasteiger partial charge >= 0.3 is 5.97 Å². The second-order valence-electron chi connectivity index (χ2n) is 3.77. The zero-order valence-electron chi connectivity index (χ0n) is 10.0. The highest BCUT2D eigenvalue weighted by Crippen LogP contribution is 2.30. The Balaban J connectivity index is 3.07. The van der Waals surface area contributed by atoms with Gasteiger partial charge in [0.25, 0.3) is 0 Å². The second-order valence-corrected chi connectivity index (χ2v) is 4.15. The Bertz CT molecular complexity index is 454. The number of esters is 1. The molecule has 0 aliphatic heterocycles. The molecule has 0 aromatic heterocycles. The molecule has 1 unspecified atom stereocenters. The molecule has 1 rings (SSSR count). The summed E-state index contributed by atoms with van der Waals surface area (Å²) in [7, 11) is 0. The smallest absolute Gasteiger partial charge is 0.342 e. The largest absolute Gasteiger partial charge is 0.464 e. The van der Waals surface area contributed by atoms with E-state index in [0.717, 1.165) is 6.07 Å². The fraction of sp³-hybridized carbons (Fsp3) is 0.417. The zero-order valence-corrected chi connectivity index (χ0v) is 10.8. The molecule has 1 aromatic carbocycles. The Morgan fingerprint density at radius 3 is 2.72 bits per heavy atom. The summed E-state index contributed by atoms with van der Waals surface area (Å²) in [4.78, 5) is 11.2. The summed E-state index contributed by atoms with van der Waals surface area (Å²) in [6.45, 7) is 3.20. The third-order valence-corrected chi connectivity index (χ3v) is 2.98. The van der Waals surface area contributed by atoms with Crippen molar-refractivity contribution in [1.29, 1.82) is 0 Å². The average molecular weight is 278 g/mol. The van der Waals surface area contributed by atoms with E-state index in [2.05, 4.69) is 4.74 Å². The Kier molecular flexibility index (Phi) is 5.04. The van der Waals surface area contributed by atoms with E-state index in [4.69, 9.17) is 17.3 Å². The van der Waals surface area contributed by atoms with Crippen molar-refractivity contribution in [3.8, 4) is 0 Å². The lowest BCUT2D eigenvalue weighted by molar-refractivity contribution is -0.149. The van der Waals surface area contributed by atoms with Crippen LogP contribution < -0.4 is 5.73 Å². The molecular weight excluding hydrogens is 264 g/mol. The van der Waals surface area contributed by atoms with Crippen molar-refractivity contribution in [3.63, 3.8) is 0 Å². The van der Waals surface area contributed by atoms with E-state index in [0.29, 0.717) is 5.56 Å². The first-order chi connectivity index (χ1) is 8.40. The van der Waals surface area contributed by atoms with Gasteiger partial charge in [0.1, 0.15) is 5.82 Å². The molecule has 0 heterocycles. The van der Waals surface area contributed by atoms with Crippen molar-refractivity contribution in [1.82, 2.24) is 0 Å². The third-order valence-electron chi connectivity index (χ3n) is 2.48. The monoisotopic (exact) mass is 277 g/mol. The van der Waals surface area contributed by atoms with Gasteiger partial charge in [-0.1, -0.05) is 17.7 Å². The minimum absolute atomic E-state index is 0.0226. The SMILES string of the molecule is CCOC(=O)C(F)[C@H](N)c1c(F)ccc(C)c1Cl. The zero-order chi connectivity index (χ0) is 13.9. The number of hydrogen-bond acceptors (Lipinski definition) is 3. The summed E-state index contributed by atoms with van der Waals surface area (Å²) in [6, 6.07) is 1.09. The molecule has 100 valence electrons. The number of benzene rings is 1. The van der Waals surface area contributed by atoms with Gasteiger partial charge in [-0.3, -0.25) is 0 Å². The first-order valence-corrected chi connectivity index (χ1v) is 5.78. The summed E-state index contributed by atoms with van der Waals surface area (Å²) in [5.41, 5.74) is 5.88. The molecule has 2 N–H and O–H groups in total. The molecule has 0 saturated carbocycles. The highest BCUT2D eigenvalue weighted by atomic mass is 35.5. The lowest BCUT2D eigenvalue weighted by Gasteiger charge is -2.18. The molecule has 0 fully saturated rings. The van der Waals surface area contributed by atoms with Crippen LogP contribution in [0.1, 0.15) is 24.1 Å². The van der Waals surface area contributed by atoms with E-state index in [9.17, 15) is 13.6 Å². The fourth-order valence-electron chi connectivity index (χ4n) is 1.50. The van der Waals surface area contributed by atoms with Gasteiger partial charge in [0.15, 0.2) is 0 Å². The molecule has 0 radical (unpaired) electrons. The number of alkyl halides is 1. The van der Waals surface area contributed by atoms with E-state index in [-0.39, 0.29) is 17.2 Å². The summed E-state index contributed by atoms with van der Waals surface area (Å²) >= 11 is 5.88. The Hall–Kier alpha value is -1.20. The molecule has 0 aliphatic rings. The quantitative estimate of drug-likeness (QED) is 0.861. The van der Waals surface area contributed by atoms with Gasteiger partial charge in [-0.15, -0.1) is 0 Å². The number of nitrogens with two attached hydrogens (primary N) is 1. The van der Waals surface area contributed by atoms with Crippen molar-refractivity contribution in [3.05, 3.63) is 34.1 Å². The summed E-state index contributed by atoms with van der Waals surface area (Å²) < 4.78 is 31.8. The molecule has 0 saturated heterocycles. The first-order valence-electron chi connectivity index (χ1n) is 5.40. The average Bonchev–Trinajstić information content (AvgIpc) is 2.33. The van der Waals surface area contributed by atoms with Gasteiger partial charge in [-0.2, -0.15) is 0 Å². The van der Waals surface area contributed by atoms with E-state index in [1.54, 1.807) is 6.92 Å². The van der Waals surface area contributed by atoms with Crippen molar-refractivity contribution in [2.45, 2.75) is 26.1 Å². The summed E-state index contributed by atoms with van der Waals surface area (Å²) in [5, 5.41) is 0.0226. The van der Waals surface area contributed by atoms with Crippen LogP contribution in [-0.4, -0.2) is 18.7 Å². The molecule has 0 aliphatic carbocycles. The molecule has 0 spiro atoms. The van der Waals surface area contributed by atoms with Crippen LogP contribution in [0.15, 0.2) is 12.1 Å². The third kappa shape index (κ3) is 2.97. The normalized spacial score (nSPS) is 14.1. The summed E-state index contributed by atoms with van der Waals surface area (Å²) in [6.07, 6.45) is -2.15. The van der Waals surface area contributed by atoms with Crippen LogP contribution in [-0.2, 0) is 9.53 Å². The van der Waals surface area contributed by atoms with Crippen LogP contribution in [0.3, 0.4) is 0 Å². The van der Waals surface area contributed by atoms with Crippen molar-refractivity contribution in [2.75, 3.05) is 6.61 Å². The van der Waals surface area contributed by atoms with Crippen LogP contribution in [0.4, 0.5) is 8.78 Å². The lowest BCUT2D eigenvalue weighted by Crippen LogP contribution is -2.32. The van der Waals surface area contributed by atoms with Gasteiger partial charge in [-0.25, -0.2) is 13.6 Å². The molecule has 3 nitrogen and oxygen atoms in total. The molecule has 1 aromatic rings. The van der Waals surface area contributed by atoms with Gasteiger partial charge < -0.3 is 10.5 Å². The molecule has 2 atom stereocenters. The highest BCUT2D eigenvalue weighted by molar-refractivity contribution is 6.32. The second kappa shape index (κ2) is 6.11. The van der Waals surface area contributed by atoms with Crippen molar-refractivity contribution < 1.29 is 18.3 Å². The standard InChI is InChI=1S/C12H14ClF2NO2/c1-3-18-12(17)10(15)11(16)8-7(14)5-4-6(2)9(8)13/h4-5,10-11H,3,16H2,1-2H3/t10?,11-/m1/s1. The molecular formula is C12H14ClF2NO2. The predicted molar refractivity (Wildman–Crippen MR) is 64.6 cm³/mol. The van der Waals surface area contributed by atoms with E-state index in [1.165, 1.54) is 13.0 Å². The van der Waals surface area contributed by atoms with Gasteiger partial charge in [0.05, 0.1) is 17.7 Å². The van der Waals surface area contributed by atoms with Crippen LogP contribution in [0.5, 0.6) is 0 Å². The van der Waals surface area contributed by atoms with Crippen LogP contribution >= 0.6 is 11.6 Å². The number of ether oxygens (including phenoxy) is 1. The molecule has 0 amide bonds. The summed E-state index contributed by atoms with van der Waals surface area (Å²) in [5.74, 6) is -1.87. The van der Waals surface area contributed by atoms with Gasteiger partial charge in [0.2, 0.25) is 6.17 Å². The number of halogens is 3. The van der Waals surface area contributed by atoms with Crippen LogP contribution in [0.25, 0.3) is 0 Å². The van der Waals surface area contributed by atoms with E-state index < -0.39 is 24.0 Å². The minimum atomic E-state index is -2.15. The van der Waals surface area contributed by atoms with Gasteiger partial charge in [-0.05, 0) is 25.5 Å². The Morgan fingerprint density at radius 2 is 2.17 bits per heavy atom. The number of rotatable bonds is 4. The number of carbonyl (C=O) groups is 1. The van der Waals surface area contributed by atoms with Gasteiger partial charge in [0, 0.05) is 5.56 Å². The van der Waals surface area contributed by atoms with Crippen LogP contribution in [0.2, 0.25) is 5.02 Å². The maximum atomic E-state index is 13.7. The Morgan fingerprint density at radius 1 is 1.56 bits per heavy atom. The number of aryl methyl sites for hydroxylation is 1. The fourth-order valence-corrected chi connectivity index (χ4v) is 1.78.